The van der Waals surface area contributed by atoms with Gasteiger partial charge in [0.05, 0.1) is 56.9 Å². The van der Waals surface area contributed by atoms with E-state index in [0.717, 1.165) is 35.4 Å². The lowest BCUT2D eigenvalue weighted by atomic mass is 10.0. The van der Waals surface area contributed by atoms with Crippen molar-refractivity contribution < 1.29 is 23.5 Å². The van der Waals surface area contributed by atoms with Crippen molar-refractivity contribution >= 4 is 5.91 Å². The van der Waals surface area contributed by atoms with Gasteiger partial charge in [0.15, 0.2) is 17.3 Å². The first-order chi connectivity index (χ1) is 15.0. The monoisotopic (exact) mass is 426 g/mol. The van der Waals surface area contributed by atoms with Gasteiger partial charge in [0, 0.05) is 12.6 Å². The summed E-state index contributed by atoms with van der Waals surface area (Å²) in [6.45, 7) is 2.55. The highest BCUT2D eigenvalue weighted by Crippen LogP contribution is 2.40. The third kappa shape index (κ3) is 3.95. The fraction of sp³-hybridized carbons (Fsp3) is 0.409. The number of ether oxygens (including phenoxy) is 3. The van der Waals surface area contributed by atoms with Crippen LogP contribution in [-0.4, -0.2) is 54.0 Å². The predicted molar refractivity (Wildman–Crippen MR) is 112 cm³/mol. The van der Waals surface area contributed by atoms with Gasteiger partial charge in [0.1, 0.15) is 0 Å². The molecule has 0 bridgehead atoms. The Balaban J connectivity index is 1.58. The van der Waals surface area contributed by atoms with Gasteiger partial charge < -0.3 is 23.6 Å². The first kappa shape index (κ1) is 20.8. The minimum atomic E-state index is -0.0996. The Morgan fingerprint density at radius 1 is 1.19 bits per heavy atom. The molecule has 3 aromatic rings. The molecule has 9 nitrogen and oxygen atoms in total. The average molecular weight is 426 g/mol. The quantitative estimate of drug-likeness (QED) is 0.618. The van der Waals surface area contributed by atoms with Crippen LogP contribution in [0.1, 0.15) is 35.8 Å². The van der Waals surface area contributed by atoms with Gasteiger partial charge in [-0.15, -0.1) is 0 Å². The van der Waals surface area contributed by atoms with Crippen molar-refractivity contribution in [1.82, 2.24) is 20.3 Å². The molecule has 0 unspecified atom stereocenters. The molecule has 1 aliphatic heterocycles. The third-order valence-corrected chi connectivity index (χ3v) is 5.55. The van der Waals surface area contributed by atoms with E-state index in [9.17, 15) is 4.79 Å². The van der Waals surface area contributed by atoms with E-state index in [2.05, 4.69) is 15.4 Å². The van der Waals surface area contributed by atoms with Crippen molar-refractivity contribution in [2.75, 3.05) is 27.9 Å². The second-order valence-electron chi connectivity index (χ2n) is 7.49. The fourth-order valence-corrected chi connectivity index (χ4v) is 4.12. The molecule has 3 heterocycles. The van der Waals surface area contributed by atoms with Crippen molar-refractivity contribution in [3.63, 3.8) is 0 Å². The number of benzene rings is 1. The van der Waals surface area contributed by atoms with E-state index in [4.69, 9.17) is 18.7 Å². The maximum Gasteiger partial charge on any atom is 0.227 e. The first-order valence-corrected chi connectivity index (χ1v) is 10.1. The zero-order chi connectivity index (χ0) is 22.0. The molecule has 0 spiro atoms. The lowest BCUT2D eigenvalue weighted by Crippen LogP contribution is -2.32. The Morgan fingerprint density at radius 2 is 1.94 bits per heavy atom. The van der Waals surface area contributed by atoms with Crippen molar-refractivity contribution in [3.8, 4) is 28.6 Å². The minimum Gasteiger partial charge on any atom is -0.493 e. The van der Waals surface area contributed by atoms with Crippen molar-refractivity contribution in [2.24, 2.45) is 0 Å². The number of H-pyrrole nitrogens is 1. The number of hydrogen-bond donors (Lipinski definition) is 1. The Hall–Kier alpha value is -3.49. The summed E-state index contributed by atoms with van der Waals surface area (Å²) in [6, 6.07) is 5.38. The predicted octanol–water partition coefficient (Wildman–Crippen LogP) is 3.31. The molecule has 0 radical (unpaired) electrons. The molecule has 1 atom stereocenters. The number of aromatic nitrogens is 3. The lowest BCUT2D eigenvalue weighted by molar-refractivity contribution is -0.131. The summed E-state index contributed by atoms with van der Waals surface area (Å²) in [6.07, 6.45) is 3.70. The number of amides is 1. The molecule has 1 fully saturated rings. The van der Waals surface area contributed by atoms with E-state index in [1.54, 1.807) is 27.5 Å². The second-order valence-corrected chi connectivity index (χ2v) is 7.49. The Bertz CT molecular complexity index is 1050. The lowest BCUT2D eigenvalue weighted by Gasteiger charge is -2.25. The molecule has 31 heavy (non-hydrogen) atoms. The van der Waals surface area contributed by atoms with Crippen molar-refractivity contribution in [1.29, 1.82) is 0 Å². The highest BCUT2D eigenvalue weighted by molar-refractivity contribution is 5.80. The maximum absolute atomic E-state index is 13.3. The van der Waals surface area contributed by atoms with Crippen LogP contribution in [0.2, 0.25) is 0 Å². The summed E-state index contributed by atoms with van der Waals surface area (Å²) in [4.78, 5) is 15.2. The summed E-state index contributed by atoms with van der Waals surface area (Å²) in [5.74, 6) is 2.22. The van der Waals surface area contributed by atoms with Gasteiger partial charge in [-0.25, -0.2) is 0 Å². The molecule has 1 saturated heterocycles. The smallest absolute Gasteiger partial charge is 0.227 e. The van der Waals surface area contributed by atoms with E-state index < -0.39 is 0 Å². The number of methoxy groups -OCH3 is 3. The summed E-state index contributed by atoms with van der Waals surface area (Å²) >= 11 is 0. The molecule has 2 aromatic heterocycles. The van der Waals surface area contributed by atoms with Crippen LogP contribution in [0.4, 0.5) is 0 Å². The Kier molecular flexibility index (Phi) is 5.83. The highest BCUT2D eigenvalue weighted by atomic mass is 16.5. The number of rotatable bonds is 7. The van der Waals surface area contributed by atoms with E-state index >= 15 is 0 Å². The largest absolute Gasteiger partial charge is 0.493 e. The maximum atomic E-state index is 13.3. The number of carbonyl (C=O) groups is 1. The summed E-state index contributed by atoms with van der Waals surface area (Å²) in [7, 11) is 4.67. The zero-order valence-electron chi connectivity index (χ0n) is 18.1. The Morgan fingerprint density at radius 3 is 2.55 bits per heavy atom. The summed E-state index contributed by atoms with van der Waals surface area (Å²) < 4.78 is 21.6. The molecule has 1 amide bonds. The van der Waals surface area contributed by atoms with Gasteiger partial charge in [-0.05, 0) is 37.5 Å². The van der Waals surface area contributed by atoms with E-state index in [1.807, 2.05) is 30.0 Å². The van der Waals surface area contributed by atoms with E-state index in [0.29, 0.717) is 29.6 Å². The molecular weight excluding hydrogens is 400 g/mol. The first-order valence-electron chi connectivity index (χ1n) is 10.1. The molecule has 0 saturated carbocycles. The average Bonchev–Trinajstić information content (AvgIpc) is 3.52. The SMILES string of the molecule is COc1cc(CC(=O)N2CCC[C@H]2c2[nH]ncc2-c2cc(C)no2)cc(OC)c1OC. The molecule has 1 aliphatic rings. The van der Waals surface area contributed by atoms with Crippen LogP contribution in [0, 0.1) is 6.92 Å². The van der Waals surface area contributed by atoms with Crippen molar-refractivity contribution in [2.45, 2.75) is 32.2 Å². The number of nitrogens with one attached hydrogen (secondary N) is 1. The molecule has 4 rings (SSSR count). The van der Waals surface area contributed by atoms with E-state index in [-0.39, 0.29) is 18.4 Å². The third-order valence-electron chi connectivity index (χ3n) is 5.55. The summed E-state index contributed by atoms with van der Waals surface area (Å²) in [5, 5.41) is 11.2. The molecule has 0 aliphatic carbocycles. The van der Waals surface area contributed by atoms with Crippen LogP contribution < -0.4 is 14.2 Å². The molecule has 1 N–H and O–H groups in total. The van der Waals surface area contributed by atoms with Crippen LogP contribution in [0.25, 0.3) is 11.3 Å². The summed E-state index contributed by atoms with van der Waals surface area (Å²) in [5.41, 5.74) is 3.29. The van der Waals surface area contributed by atoms with E-state index in [1.165, 1.54) is 0 Å². The van der Waals surface area contributed by atoms with Gasteiger partial charge in [-0.3, -0.25) is 9.89 Å². The molecule has 164 valence electrons. The number of nitrogens with zero attached hydrogens (tertiary/aromatic N) is 3. The highest BCUT2D eigenvalue weighted by Gasteiger charge is 2.33. The second kappa shape index (κ2) is 8.71. The van der Waals surface area contributed by atoms with Crippen LogP contribution in [-0.2, 0) is 11.2 Å². The van der Waals surface area contributed by atoms with Crippen LogP contribution in [0.15, 0.2) is 28.9 Å². The number of likely N-dealkylation sites (tertiary alicyclic amines) is 1. The molecule has 1 aromatic carbocycles. The van der Waals surface area contributed by atoms with Crippen LogP contribution in [0.3, 0.4) is 0 Å². The molecule has 9 heteroatoms. The van der Waals surface area contributed by atoms with Gasteiger partial charge in [-0.1, -0.05) is 5.16 Å². The van der Waals surface area contributed by atoms with Gasteiger partial charge in [0.25, 0.3) is 0 Å². The molecular formula is C22H26N4O5. The number of aryl methyl sites for hydroxylation is 1. The zero-order valence-corrected chi connectivity index (χ0v) is 18.1. The number of carbonyl (C=O) groups excluding carboxylic acids is 1. The fourth-order valence-electron chi connectivity index (χ4n) is 4.12. The van der Waals surface area contributed by atoms with Gasteiger partial charge in [0.2, 0.25) is 11.7 Å². The van der Waals surface area contributed by atoms with Crippen LogP contribution >= 0.6 is 0 Å². The normalized spacial score (nSPS) is 15.9. The van der Waals surface area contributed by atoms with Crippen LogP contribution in [0.5, 0.6) is 17.2 Å². The van der Waals surface area contributed by atoms with Crippen molar-refractivity contribution in [3.05, 3.63) is 41.3 Å². The number of hydrogen-bond acceptors (Lipinski definition) is 7. The topological polar surface area (TPSA) is 103 Å². The number of aromatic amines is 1. The Labute approximate surface area is 180 Å². The van der Waals surface area contributed by atoms with Gasteiger partial charge in [-0.2, -0.15) is 5.10 Å². The standard InChI is InChI=1S/C22H26N4O5/c1-13-8-17(31-25-13)15-12-23-24-21(15)16-6-5-7-26(16)20(27)11-14-9-18(28-2)22(30-4)19(10-14)29-3/h8-10,12,16H,5-7,11H2,1-4H3,(H,23,24)/t16-/m0/s1. The minimum absolute atomic E-state index is 0.0195. The van der Waals surface area contributed by atoms with Gasteiger partial charge >= 0.3 is 0 Å².